The first-order valence-electron chi connectivity index (χ1n) is 9.62. The quantitative estimate of drug-likeness (QED) is 0.561. The number of methoxy groups -OCH3 is 1. The van der Waals surface area contributed by atoms with Crippen molar-refractivity contribution < 1.29 is 32.9 Å². The van der Waals surface area contributed by atoms with Crippen LogP contribution < -0.4 is 19.7 Å². The minimum absolute atomic E-state index is 0.0219. The molecule has 0 radical (unpaired) electrons. The molecule has 1 N–H and O–H groups in total. The molecule has 31 heavy (non-hydrogen) atoms. The maximum Gasteiger partial charge on any atom is 0.338 e. The Bertz CT molecular complexity index is 1050. The third-order valence-corrected chi connectivity index (χ3v) is 5.06. The van der Waals surface area contributed by atoms with Gasteiger partial charge >= 0.3 is 12.0 Å². The number of amides is 2. The third kappa shape index (κ3) is 3.91. The number of nitrogens with one attached hydrogen (secondary N) is 1. The molecule has 2 aromatic rings. The fourth-order valence-electron chi connectivity index (χ4n) is 3.58. The molecule has 0 spiro atoms. The van der Waals surface area contributed by atoms with E-state index in [-0.39, 0.29) is 31.1 Å². The Morgan fingerprint density at radius 1 is 1.19 bits per heavy atom. The van der Waals surface area contributed by atoms with Crippen LogP contribution in [0.3, 0.4) is 0 Å². The highest BCUT2D eigenvalue weighted by molar-refractivity contribution is 6.03. The van der Waals surface area contributed by atoms with Crippen LogP contribution in [0.1, 0.15) is 18.5 Å². The van der Waals surface area contributed by atoms with Gasteiger partial charge < -0.3 is 24.3 Å². The monoisotopic (exact) mass is 428 g/mol. The number of fused-ring (bicyclic) bond motifs is 1. The highest BCUT2D eigenvalue weighted by atomic mass is 19.1. The Morgan fingerprint density at radius 2 is 1.97 bits per heavy atom. The van der Waals surface area contributed by atoms with Crippen molar-refractivity contribution in [2.24, 2.45) is 0 Å². The van der Waals surface area contributed by atoms with Crippen LogP contribution in [0.4, 0.5) is 14.9 Å². The fourth-order valence-corrected chi connectivity index (χ4v) is 3.58. The summed E-state index contributed by atoms with van der Waals surface area (Å²) in [7, 11) is 1.49. The third-order valence-electron chi connectivity index (χ3n) is 5.06. The van der Waals surface area contributed by atoms with Gasteiger partial charge in [-0.25, -0.2) is 14.0 Å². The molecule has 2 aromatic carbocycles. The number of carbonyl (C=O) groups excluding carboxylic acids is 2. The van der Waals surface area contributed by atoms with Gasteiger partial charge in [0.05, 0.1) is 23.9 Å². The molecule has 162 valence electrons. The van der Waals surface area contributed by atoms with Crippen LogP contribution in [0.15, 0.2) is 53.7 Å². The summed E-state index contributed by atoms with van der Waals surface area (Å²) in [5.41, 5.74) is 1.07. The molecule has 0 aliphatic carbocycles. The highest BCUT2D eigenvalue weighted by Gasteiger charge is 2.38. The molecule has 0 bridgehead atoms. The van der Waals surface area contributed by atoms with Gasteiger partial charge in [0.15, 0.2) is 11.5 Å². The molecule has 0 fully saturated rings. The van der Waals surface area contributed by atoms with E-state index in [1.54, 1.807) is 31.2 Å². The molecule has 0 saturated heterocycles. The van der Waals surface area contributed by atoms with Crippen LogP contribution in [0.25, 0.3) is 0 Å². The van der Waals surface area contributed by atoms with Gasteiger partial charge in [-0.1, -0.05) is 18.2 Å². The summed E-state index contributed by atoms with van der Waals surface area (Å²) < 4.78 is 35.5. The summed E-state index contributed by atoms with van der Waals surface area (Å²) in [6.45, 7) is 1.94. The second-order valence-corrected chi connectivity index (χ2v) is 6.90. The van der Waals surface area contributed by atoms with E-state index in [0.717, 1.165) is 0 Å². The topological polar surface area (TPSA) is 86.3 Å². The fraction of sp³-hybridized carbons (Fsp3) is 0.273. The summed E-state index contributed by atoms with van der Waals surface area (Å²) >= 11 is 0. The van der Waals surface area contributed by atoms with Crippen molar-refractivity contribution in [3.05, 3.63) is 65.1 Å². The second kappa shape index (κ2) is 8.65. The number of ether oxygens (including phenoxy) is 4. The molecule has 2 heterocycles. The summed E-state index contributed by atoms with van der Waals surface area (Å²) in [4.78, 5) is 27.3. The van der Waals surface area contributed by atoms with E-state index in [1.165, 1.54) is 30.2 Å². The van der Waals surface area contributed by atoms with Crippen molar-refractivity contribution in [1.82, 2.24) is 5.32 Å². The minimum Gasteiger partial charge on any atom is -0.460 e. The molecule has 2 aliphatic heterocycles. The van der Waals surface area contributed by atoms with Gasteiger partial charge in [-0.3, -0.25) is 4.90 Å². The minimum atomic E-state index is -1.01. The second-order valence-electron chi connectivity index (χ2n) is 6.90. The van der Waals surface area contributed by atoms with Crippen LogP contribution in [-0.4, -0.2) is 39.1 Å². The largest absolute Gasteiger partial charge is 0.460 e. The van der Waals surface area contributed by atoms with Crippen molar-refractivity contribution in [3.8, 4) is 11.5 Å². The maximum absolute atomic E-state index is 14.6. The summed E-state index contributed by atoms with van der Waals surface area (Å²) in [6, 6.07) is 9.44. The number of urea groups is 1. The molecule has 8 nitrogen and oxygen atoms in total. The van der Waals surface area contributed by atoms with E-state index in [1.807, 2.05) is 0 Å². The van der Waals surface area contributed by atoms with Crippen LogP contribution >= 0.6 is 0 Å². The number of esters is 1. The lowest BCUT2D eigenvalue weighted by Gasteiger charge is -2.35. The van der Waals surface area contributed by atoms with Gasteiger partial charge in [0.2, 0.25) is 6.79 Å². The zero-order valence-electron chi connectivity index (χ0n) is 17.0. The molecule has 0 saturated carbocycles. The van der Waals surface area contributed by atoms with Crippen molar-refractivity contribution in [2.45, 2.75) is 13.0 Å². The zero-order valence-corrected chi connectivity index (χ0v) is 17.0. The maximum atomic E-state index is 14.6. The number of hydrogen-bond acceptors (Lipinski definition) is 6. The number of benzene rings is 2. The van der Waals surface area contributed by atoms with Crippen LogP contribution in [0.2, 0.25) is 0 Å². The normalized spacial score (nSPS) is 17.6. The van der Waals surface area contributed by atoms with Gasteiger partial charge in [0.25, 0.3) is 0 Å². The van der Waals surface area contributed by atoms with E-state index < -0.39 is 23.9 Å². The SMILES string of the molecule is COCCOC(=O)C1=C(C)N(c2ccc3c(c2)OCO3)C(=O)N[C@H]1c1ccccc1F. The Morgan fingerprint density at radius 3 is 2.74 bits per heavy atom. The molecule has 4 rings (SSSR count). The Balaban J connectivity index is 1.78. The van der Waals surface area contributed by atoms with Gasteiger partial charge in [-0.2, -0.15) is 0 Å². The predicted octanol–water partition coefficient (Wildman–Crippen LogP) is 3.29. The number of halogens is 1. The van der Waals surface area contributed by atoms with Gasteiger partial charge in [-0.15, -0.1) is 0 Å². The first-order chi connectivity index (χ1) is 15.0. The number of allylic oxidation sites excluding steroid dienone is 1. The van der Waals surface area contributed by atoms with Crippen molar-refractivity contribution >= 4 is 17.7 Å². The molecular weight excluding hydrogens is 407 g/mol. The molecule has 0 unspecified atom stereocenters. The van der Waals surface area contributed by atoms with Crippen molar-refractivity contribution in [1.29, 1.82) is 0 Å². The Labute approximate surface area is 178 Å². The molecule has 2 amide bonds. The predicted molar refractivity (Wildman–Crippen MR) is 108 cm³/mol. The van der Waals surface area contributed by atoms with Crippen LogP contribution in [-0.2, 0) is 14.3 Å². The summed E-state index contributed by atoms with van der Waals surface area (Å²) in [5.74, 6) is -0.169. The lowest BCUT2D eigenvalue weighted by Crippen LogP contribution is -2.48. The first kappa shape index (κ1) is 20.7. The Kier molecular flexibility index (Phi) is 5.77. The Hall–Kier alpha value is -3.59. The zero-order chi connectivity index (χ0) is 22.0. The van der Waals surface area contributed by atoms with E-state index in [9.17, 15) is 14.0 Å². The standard InChI is InChI=1S/C22H21FN2O6/c1-13-19(21(26)29-10-9-28-2)20(15-5-3-4-6-16(15)23)24-22(27)25(13)14-7-8-17-18(11-14)31-12-30-17/h3-8,11,20H,9-10,12H2,1-2H3,(H,24,27)/t20-/m0/s1. The summed E-state index contributed by atoms with van der Waals surface area (Å²) in [6.07, 6.45) is 0. The van der Waals surface area contributed by atoms with Crippen molar-refractivity contribution in [3.63, 3.8) is 0 Å². The van der Waals surface area contributed by atoms with Crippen LogP contribution in [0.5, 0.6) is 11.5 Å². The molecule has 0 aromatic heterocycles. The number of hydrogen-bond donors (Lipinski definition) is 1. The number of carbonyl (C=O) groups is 2. The van der Waals surface area contributed by atoms with Gasteiger partial charge in [-0.05, 0) is 25.1 Å². The number of anilines is 1. The molecule has 2 aliphatic rings. The lowest BCUT2D eigenvalue weighted by molar-refractivity contribution is -0.140. The first-order valence-corrected chi connectivity index (χ1v) is 9.62. The van der Waals surface area contributed by atoms with E-state index in [4.69, 9.17) is 18.9 Å². The highest BCUT2D eigenvalue weighted by Crippen LogP contribution is 2.39. The number of nitrogens with zero attached hydrogens (tertiary/aromatic N) is 1. The average Bonchev–Trinajstić information content (AvgIpc) is 3.22. The van der Waals surface area contributed by atoms with E-state index in [2.05, 4.69) is 5.32 Å². The number of rotatable bonds is 6. The van der Waals surface area contributed by atoms with E-state index in [0.29, 0.717) is 22.9 Å². The lowest BCUT2D eigenvalue weighted by atomic mass is 9.94. The average molecular weight is 428 g/mol. The summed E-state index contributed by atoms with van der Waals surface area (Å²) in [5, 5.41) is 2.73. The van der Waals surface area contributed by atoms with Gasteiger partial charge in [0.1, 0.15) is 12.4 Å². The van der Waals surface area contributed by atoms with Crippen molar-refractivity contribution in [2.75, 3.05) is 32.0 Å². The molecule has 9 heteroatoms. The molecular formula is C22H21FN2O6. The van der Waals surface area contributed by atoms with Gasteiger partial charge in [0, 0.05) is 24.4 Å². The van der Waals surface area contributed by atoms with Crippen LogP contribution in [0, 0.1) is 5.82 Å². The molecule has 1 atom stereocenters. The van der Waals surface area contributed by atoms with E-state index >= 15 is 0 Å². The smallest absolute Gasteiger partial charge is 0.338 e.